The molecule has 0 aliphatic carbocycles. The minimum Gasteiger partial charge on any atom is -0.477 e. The monoisotopic (exact) mass is 258 g/mol. The number of carbonyl (C=O) groups is 3. The highest BCUT2D eigenvalue weighted by atomic mass is 16.4. The summed E-state index contributed by atoms with van der Waals surface area (Å²) in [6.45, 7) is 0. The van der Waals surface area contributed by atoms with E-state index in [2.05, 4.69) is 15.2 Å². The number of aromatic carboxylic acids is 1. The third kappa shape index (κ3) is 1.50. The third-order valence-corrected chi connectivity index (χ3v) is 2.71. The van der Waals surface area contributed by atoms with E-state index < -0.39 is 17.8 Å². The fraction of sp³-hybridized carbons (Fsp3) is 0. The minimum absolute atomic E-state index is 0.0522. The van der Waals surface area contributed by atoms with Gasteiger partial charge in [0.05, 0.1) is 11.1 Å². The van der Waals surface area contributed by atoms with Crippen molar-refractivity contribution in [3.63, 3.8) is 0 Å². The van der Waals surface area contributed by atoms with E-state index in [0.29, 0.717) is 0 Å². The fourth-order valence-corrected chi connectivity index (χ4v) is 1.83. The molecule has 94 valence electrons. The van der Waals surface area contributed by atoms with Gasteiger partial charge in [0.25, 0.3) is 11.8 Å². The van der Waals surface area contributed by atoms with Crippen molar-refractivity contribution in [1.82, 2.24) is 15.2 Å². The first-order valence-corrected chi connectivity index (χ1v) is 5.21. The summed E-state index contributed by atoms with van der Waals surface area (Å²) in [5, 5.41) is 14.7. The van der Waals surface area contributed by atoms with Crippen molar-refractivity contribution >= 4 is 23.6 Å². The summed E-state index contributed by atoms with van der Waals surface area (Å²) in [7, 11) is 0. The quantitative estimate of drug-likeness (QED) is 0.748. The maximum absolute atomic E-state index is 12.1. The number of imide groups is 1. The van der Waals surface area contributed by atoms with Gasteiger partial charge in [0.15, 0.2) is 5.82 Å². The van der Waals surface area contributed by atoms with E-state index in [0.717, 1.165) is 11.0 Å². The van der Waals surface area contributed by atoms with Crippen molar-refractivity contribution < 1.29 is 19.5 Å². The van der Waals surface area contributed by atoms with Crippen molar-refractivity contribution in [2.45, 2.75) is 0 Å². The average Bonchev–Trinajstić information content (AvgIpc) is 2.96. The number of pyridine rings is 1. The van der Waals surface area contributed by atoms with Crippen LogP contribution in [0.15, 0.2) is 24.5 Å². The second-order valence-corrected chi connectivity index (χ2v) is 3.81. The molecule has 1 aliphatic rings. The Bertz CT molecular complexity index is 686. The summed E-state index contributed by atoms with van der Waals surface area (Å²) in [4.78, 5) is 39.4. The Morgan fingerprint density at radius 1 is 1.26 bits per heavy atom. The van der Waals surface area contributed by atoms with E-state index in [-0.39, 0.29) is 22.6 Å². The maximum Gasteiger partial charge on any atom is 0.353 e. The summed E-state index contributed by atoms with van der Waals surface area (Å²) >= 11 is 0. The van der Waals surface area contributed by atoms with Gasteiger partial charge in [-0.3, -0.25) is 19.7 Å². The summed E-state index contributed by atoms with van der Waals surface area (Å²) < 4.78 is 0. The van der Waals surface area contributed by atoms with Crippen molar-refractivity contribution in [3.05, 3.63) is 41.3 Å². The Morgan fingerprint density at radius 3 is 2.63 bits per heavy atom. The number of anilines is 1. The van der Waals surface area contributed by atoms with Gasteiger partial charge in [-0.05, 0) is 6.07 Å². The van der Waals surface area contributed by atoms with E-state index in [1.54, 1.807) is 0 Å². The van der Waals surface area contributed by atoms with Crippen LogP contribution >= 0.6 is 0 Å². The molecule has 2 aromatic heterocycles. The number of carbonyl (C=O) groups excluding carboxylic acids is 2. The molecular formula is C11H6N4O4. The number of aromatic nitrogens is 3. The topological polar surface area (TPSA) is 116 Å². The number of fused-ring (bicyclic) bond motifs is 1. The van der Waals surface area contributed by atoms with E-state index in [1.807, 2.05) is 0 Å². The van der Waals surface area contributed by atoms with Gasteiger partial charge in [-0.2, -0.15) is 5.10 Å². The number of amides is 2. The summed E-state index contributed by atoms with van der Waals surface area (Å²) in [6.07, 6.45) is 2.70. The molecule has 1 aliphatic heterocycles. The molecule has 0 atom stereocenters. The highest BCUT2D eigenvalue weighted by Gasteiger charge is 2.38. The van der Waals surface area contributed by atoms with Crippen LogP contribution in [0.1, 0.15) is 31.2 Å². The van der Waals surface area contributed by atoms with Crippen LogP contribution < -0.4 is 4.90 Å². The van der Waals surface area contributed by atoms with Gasteiger partial charge in [0, 0.05) is 18.5 Å². The SMILES string of the molecule is O=C(O)c1cc(N2C(=O)c3ccncc3C2=O)n[nH]1. The molecule has 8 heteroatoms. The molecular weight excluding hydrogens is 252 g/mol. The molecule has 3 heterocycles. The number of carboxylic acid groups (broad SMARTS) is 1. The molecule has 0 radical (unpaired) electrons. The van der Waals surface area contributed by atoms with Gasteiger partial charge in [0.1, 0.15) is 5.69 Å². The Kier molecular flexibility index (Phi) is 2.18. The number of aromatic amines is 1. The van der Waals surface area contributed by atoms with Gasteiger partial charge < -0.3 is 5.11 Å². The molecule has 0 saturated heterocycles. The van der Waals surface area contributed by atoms with E-state index in [4.69, 9.17) is 5.11 Å². The first-order chi connectivity index (χ1) is 9.09. The van der Waals surface area contributed by atoms with E-state index >= 15 is 0 Å². The third-order valence-electron chi connectivity index (χ3n) is 2.71. The molecule has 0 fully saturated rings. The second-order valence-electron chi connectivity index (χ2n) is 3.81. The summed E-state index contributed by atoms with van der Waals surface area (Å²) in [6, 6.07) is 2.55. The lowest BCUT2D eigenvalue weighted by Gasteiger charge is -2.08. The van der Waals surface area contributed by atoms with Crippen molar-refractivity contribution in [2.24, 2.45) is 0 Å². The molecule has 0 aromatic carbocycles. The molecule has 8 nitrogen and oxygen atoms in total. The minimum atomic E-state index is -1.22. The summed E-state index contributed by atoms with van der Waals surface area (Å²) in [5.74, 6) is -2.40. The number of carboxylic acids is 1. The van der Waals surface area contributed by atoms with Crippen LogP contribution in [-0.2, 0) is 0 Å². The van der Waals surface area contributed by atoms with Crippen molar-refractivity contribution in [3.8, 4) is 0 Å². The van der Waals surface area contributed by atoms with E-state index in [1.165, 1.54) is 18.5 Å². The zero-order valence-corrected chi connectivity index (χ0v) is 9.32. The van der Waals surface area contributed by atoms with Crippen molar-refractivity contribution in [2.75, 3.05) is 4.90 Å². The lowest BCUT2D eigenvalue weighted by molar-refractivity contribution is 0.0689. The number of nitrogens with one attached hydrogen (secondary N) is 1. The highest BCUT2D eigenvalue weighted by molar-refractivity contribution is 6.34. The molecule has 0 unspecified atom stereocenters. The van der Waals surface area contributed by atoms with Crippen LogP contribution in [0.2, 0.25) is 0 Å². The molecule has 0 spiro atoms. The van der Waals surface area contributed by atoms with E-state index in [9.17, 15) is 14.4 Å². The summed E-state index contributed by atoms with van der Waals surface area (Å²) in [5.41, 5.74) is 0.192. The number of rotatable bonds is 2. The second kappa shape index (κ2) is 3.73. The number of hydrogen-bond acceptors (Lipinski definition) is 5. The molecule has 2 N–H and O–H groups in total. The molecule has 3 rings (SSSR count). The van der Waals surface area contributed by atoms with Gasteiger partial charge in [-0.1, -0.05) is 0 Å². The zero-order valence-electron chi connectivity index (χ0n) is 9.32. The Morgan fingerprint density at radius 2 is 2.00 bits per heavy atom. The van der Waals surface area contributed by atoms with Crippen LogP contribution in [-0.4, -0.2) is 38.1 Å². The lowest BCUT2D eigenvalue weighted by Crippen LogP contribution is -2.29. The first kappa shape index (κ1) is 11.1. The standard InChI is InChI=1S/C11H6N4O4/c16-9-5-1-2-12-4-6(5)10(17)15(9)8-3-7(11(18)19)13-14-8/h1-4H,(H,13,14)(H,18,19). The van der Waals surface area contributed by atoms with Crippen LogP contribution in [0.25, 0.3) is 0 Å². The number of hydrogen-bond donors (Lipinski definition) is 2. The Hall–Kier alpha value is -3.03. The maximum atomic E-state index is 12.1. The van der Waals surface area contributed by atoms with Crippen LogP contribution in [0.4, 0.5) is 5.82 Å². The van der Waals surface area contributed by atoms with Crippen LogP contribution in [0.3, 0.4) is 0 Å². The van der Waals surface area contributed by atoms with Gasteiger partial charge in [0.2, 0.25) is 0 Å². The molecule has 0 saturated carbocycles. The lowest BCUT2D eigenvalue weighted by atomic mass is 10.2. The zero-order chi connectivity index (χ0) is 13.6. The number of nitrogens with zero attached hydrogens (tertiary/aromatic N) is 3. The van der Waals surface area contributed by atoms with Crippen LogP contribution in [0.5, 0.6) is 0 Å². The Balaban J connectivity index is 2.06. The predicted molar refractivity (Wildman–Crippen MR) is 60.9 cm³/mol. The first-order valence-electron chi connectivity index (χ1n) is 5.21. The fourth-order valence-electron chi connectivity index (χ4n) is 1.83. The molecule has 2 amide bonds. The molecule has 0 bridgehead atoms. The predicted octanol–water partition coefficient (Wildman–Crippen LogP) is 0.303. The molecule has 19 heavy (non-hydrogen) atoms. The van der Waals surface area contributed by atoms with Crippen molar-refractivity contribution in [1.29, 1.82) is 0 Å². The van der Waals surface area contributed by atoms with Crippen LogP contribution in [0, 0.1) is 0 Å². The van der Waals surface area contributed by atoms with Gasteiger partial charge in [-0.15, -0.1) is 0 Å². The van der Waals surface area contributed by atoms with Gasteiger partial charge in [-0.25, -0.2) is 9.69 Å². The number of H-pyrrole nitrogens is 1. The largest absolute Gasteiger partial charge is 0.477 e. The Labute approximate surface area is 105 Å². The van der Waals surface area contributed by atoms with Gasteiger partial charge >= 0.3 is 5.97 Å². The highest BCUT2D eigenvalue weighted by Crippen LogP contribution is 2.26. The smallest absolute Gasteiger partial charge is 0.353 e. The average molecular weight is 258 g/mol. The normalized spacial score (nSPS) is 13.8. The molecule has 2 aromatic rings.